The van der Waals surface area contributed by atoms with Crippen LogP contribution in [0.5, 0.6) is 0 Å². The predicted octanol–water partition coefficient (Wildman–Crippen LogP) is 11.2. The van der Waals surface area contributed by atoms with Gasteiger partial charge >= 0.3 is 0 Å². The smallest absolute Gasteiger partial charge is 0.147 e. The van der Waals surface area contributed by atoms with Gasteiger partial charge in [0.2, 0.25) is 0 Å². The van der Waals surface area contributed by atoms with Crippen LogP contribution in [0.4, 0.5) is 0 Å². The van der Waals surface area contributed by atoms with Crippen LogP contribution in [0.15, 0.2) is 127 Å². The lowest BCUT2D eigenvalue weighted by Crippen LogP contribution is -2.12. The van der Waals surface area contributed by atoms with Crippen LogP contribution in [0.3, 0.4) is 0 Å². The lowest BCUT2D eigenvalue weighted by molar-refractivity contribution is 0.590. The molecule has 8 rings (SSSR count). The van der Waals surface area contributed by atoms with E-state index in [2.05, 4.69) is 153 Å². The van der Waals surface area contributed by atoms with Gasteiger partial charge in [-0.05, 0) is 52.3 Å². The van der Waals surface area contributed by atoms with E-state index in [-0.39, 0.29) is 5.41 Å². The number of benzene rings is 6. The minimum Gasteiger partial charge on any atom is -0.292 e. The quantitative estimate of drug-likeness (QED) is 0.211. The van der Waals surface area contributed by atoms with Crippen LogP contribution in [0.25, 0.3) is 70.2 Å². The second-order valence-electron chi connectivity index (χ2n) is 12.1. The van der Waals surface area contributed by atoms with Crippen LogP contribution in [0.1, 0.15) is 26.3 Å². The molecule has 42 heavy (non-hydrogen) atoms. The van der Waals surface area contributed by atoms with E-state index < -0.39 is 0 Å². The van der Waals surface area contributed by atoms with Crippen molar-refractivity contribution in [1.82, 2.24) is 9.55 Å². The first-order chi connectivity index (χ1) is 20.5. The average molecular weight is 559 g/mol. The molecule has 0 atom stereocenters. The SMILES string of the molecule is CC(C)(C)c1ccc(-n2c(-c3cccc4c3sc3ccccc34)nc3c4ccccc4ccc32)c(-c2ccccc2)c1. The Balaban J connectivity index is 1.52. The Hall–Kier alpha value is -4.73. The molecule has 0 unspecified atom stereocenters. The van der Waals surface area contributed by atoms with E-state index in [0.717, 1.165) is 28.1 Å². The summed E-state index contributed by atoms with van der Waals surface area (Å²) in [4.78, 5) is 5.48. The predicted molar refractivity (Wildman–Crippen MR) is 181 cm³/mol. The van der Waals surface area contributed by atoms with Crippen molar-refractivity contribution in [2.45, 2.75) is 26.2 Å². The summed E-state index contributed by atoms with van der Waals surface area (Å²) < 4.78 is 4.97. The molecule has 202 valence electrons. The molecule has 0 aliphatic rings. The van der Waals surface area contributed by atoms with Gasteiger partial charge < -0.3 is 0 Å². The van der Waals surface area contributed by atoms with Crippen molar-refractivity contribution in [3.05, 3.63) is 133 Å². The summed E-state index contributed by atoms with van der Waals surface area (Å²) in [6.07, 6.45) is 0. The van der Waals surface area contributed by atoms with E-state index in [9.17, 15) is 0 Å². The summed E-state index contributed by atoms with van der Waals surface area (Å²) >= 11 is 1.85. The van der Waals surface area contributed by atoms with E-state index in [1.54, 1.807) is 0 Å². The minimum absolute atomic E-state index is 0.0285. The molecule has 3 heteroatoms. The second-order valence-corrected chi connectivity index (χ2v) is 13.1. The molecule has 0 amide bonds. The van der Waals surface area contributed by atoms with E-state index >= 15 is 0 Å². The minimum atomic E-state index is 0.0285. The Morgan fingerprint density at radius 2 is 1.36 bits per heavy atom. The molecule has 0 N–H and O–H groups in total. The van der Waals surface area contributed by atoms with Gasteiger partial charge in [0.15, 0.2) is 0 Å². The summed E-state index contributed by atoms with van der Waals surface area (Å²) in [5, 5.41) is 4.95. The van der Waals surface area contributed by atoms with E-state index in [0.29, 0.717) is 0 Å². The highest BCUT2D eigenvalue weighted by atomic mass is 32.1. The third-order valence-electron chi connectivity index (χ3n) is 8.38. The highest BCUT2D eigenvalue weighted by Gasteiger charge is 2.23. The molecule has 6 aromatic carbocycles. The number of hydrogen-bond donors (Lipinski definition) is 0. The van der Waals surface area contributed by atoms with Crippen LogP contribution >= 0.6 is 11.3 Å². The van der Waals surface area contributed by atoms with E-state index in [4.69, 9.17) is 4.98 Å². The fourth-order valence-corrected chi connectivity index (χ4v) is 7.42. The zero-order chi connectivity index (χ0) is 28.4. The van der Waals surface area contributed by atoms with Crippen LogP contribution < -0.4 is 0 Å². The molecule has 2 nitrogen and oxygen atoms in total. The molecule has 0 bridgehead atoms. The van der Waals surface area contributed by atoms with E-state index in [1.165, 1.54) is 47.6 Å². The number of aromatic nitrogens is 2. The van der Waals surface area contributed by atoms with E-state index in [1.807, 2.05) is 11.3 Å². The third kappa shape index (κ3) is 3.88. The Morgan fingerprint density at radius 3 is 2.19 bits per heavy atom. The van der Waals surface area contributed by atoms with Gasteiger partial charge in [-0.3, -0.25) is 4.57 Å². The van der Waals surface area contributed by atoms with Crippen LogP contribution in [0.2, 0.25) is 0 Å². The van der Waals surface area contributed by atoms with Crippen molar-refractivity contribution in [3.8, 4) is 28.2 Å². The van der Waals surface area contributed by atoms with Crippen LogP contribution in [0, 0.1) is 0 Å². The molecule has 0 saturated carbocycles. The fraction of sp³-hybridized carbons (Fsp3) is 0.103. The van der Waals surface area contributed by atoms with Crippen LogP contribution in [-0.2, 0) is 5.41 Å². The van der Waals surface area contributed by atoms with Gasteiger partial charge in [0, 0.05) is 36.7 Å². The number of hydrogen-bond acceptors (Lipinski definition) is 2. The number of rotatable bonds is 3. The largest absolute Gasteiger partial charge is 0.292 e. The van der Waals surface area contributed by atoms with Gasteiger partial charge in [-0.15, -0.1) is 11.3 Å². The maximum Gasteiger partial charge on any atom is 0.147 e. The van der Waals surface area contributed by atoms with Crippen molar-refractivity contribution in [2.75, 3.05) is 0 Å². The Bertz CT molecular complexity index is 2280. The van der Waals surface area contributed by atoms with Crippen molar-refractivity contribution >= 4 is 53.3 Å². The maximum absolute atomic E-state index is 5.48. The summed E-state index contributed by atoms with van der Waals surface area (Å²) in [5.41, 5.74) is 8.19. The van der Waals surface area contributed by atoms with Crippen molar-refractivity contribution < 1.29 is 0 Å². The number of nitrogens with zero attached hydrogens (tertiary/aromatic N) is 2. The normalized spacial score (nSPS) is 12.2. The topological polar surface area (TPSA) is 17.8 Å². The lowest BCUT2D eigenvalue weighted by atomic mass is 9.85. The summed E-state index contributed by atoms with van der Waals surface area (Å²) in [6.45, 7) is 6.84. The van der Waals surface area contributed by atoms with Crippen LogP contribution in [-0.4, -0.2) is 9.55 Å². The first kappa shape index (κ1) is 25.0. The number of fused-ring (bicyclic) bond motifs is 6. The zero-order valence-electron chi connectivity index (χ0n) is 23.9. The maximum atomic E-state index is 5.48. The molecule has 0 fully saturated rings. The average Bonchev–Trinajstić information content (AvgIpc) is 3.60. The van der Waals surface area contributed by atoms with Gasteiger partial charge in [0.05, 0.1) is 16.7 Å². The first-order valence-corrected chi connectivity index (χ1v) is 15.3. The van der Waals surface area contributed by atoms with Gasteiger partial charge in [0.1, 0.15) is 5.82 Å². The van der Waals surface area contributed by atoms with Gasteiger partial charge in [-0.1, -0.05) is 118 Å². The van der Waals surface area contributed by atoms with Gasteiger partial charge in [0.25, 0.3) is 0 Å². The number of imidazole rings is 1. The molecular weight excluding hydrogens is 529 g/mol. The first-order valence-electron chi connectivity index (χ1n) is 14.5. The molecule has 0 aliphatic carbocycles. The lowest BCUT2D eigenvalue weighted by Gasteiger charge is -2.23. The Labute approximate surface area is 249 Å². The summed E-state index contributed by atoms with van der Waals surface area (Å²) in [7, 11) is 0. The third-order valence-corrected chi connectivity index (χ3v) is 9.60. The standard InChI is InChI=1S/C39H30N2S/c1-39(2,3)27-21-23-33(32(24-27)25-12-5-4-6-13-25)41-34-22-20-26-14-7-8-15-28(26)36(34)40-38(41)31-18-11-17-30-29-16-9-10-19-35(29)42-37(30)31/h4-24H,1-3H3. The summed E-state index contributed by atoms with van der Waals surface area (Å²) in [6, 6.07) is 46.2. The molecular formula is C39H30N2S. The molecule has 2 heterocycles. The van der Waals surface area contributed by atoms with Gasteiger partial charge in [-0.2, -0.15) is 0 Å². The second kappa shape index (κ2) is 9.40. The van der Waals surface area contributed by atoms with Crippen molar-refractivity contribution in [3.63, 3.8) is 0 Å². The monoisotopic (exact) mass is 558 g/mol. The fourth-order valence-electron chi connectivity index (χ4n) is 6.21. The molecule has 8 aromatic rings. The molecule has 0 radical (unpaired) electrons. The van der Waals surface area contributed by atoms with Crippen molar-refractivity contribution in [1.29, 1.82) is 0 Å². The molecule has 0 spiro atoms. The highest BCUT2D eigenvalue weighted by molar-refractivity contribution is 7.26. The molecule has 0 saturated heterocycles. The Kier molecular flexibility index (Phi) is 5.60. The number of thiophene rings is 1. The molecule has 2 aromatic heterocycles. The zero-order valence-corrected chi connectivity index (χ0v) is 24.7. The van der Waals surface area contributed by atoms with Crippen molar-refractivity contribution in [2.24, 2.45) is 0 Å². The Morgan fingerprint density at radius 1 is 0.619 bits per heavy atom. The van der Waals surface area contributed by atoms with Gasteiger partial charge in [-0.25, -0.2) is 4.98 Å². The molecule has 0 aliphatic heterocycles. The summed E-state index contributed by atoms with van der Waals surface area (Å²) in [5.74, 6) is 0.971. The highest BCUT2D eigenvalue weighted by Crippen LogP contribution is 2.43.